The summed E-state index contributed by atoms with van der Waals surface area (Å²) in [5.74, 6) is 0. The zero-order valence-electron chi connectivity index (χ0n) is 50.1. The number of anilines is 8. The third-order valence-corrected chi connectivity index (χ3v) is 22.9. The Labute approximate surface area is 481 Å². The molecule has 0 bridgehead atoms. The molecule has 1 fully saturated rings. The zero-order chi connectivity index (χ0) is 55.7. The first-order valence-corrected chi connectivity index (χ1v) is 30.9. The predicted octanol–water partition coefficient (Wildman–Crippen LogP) is 18.7. The van der Waals surface area contributed by atoms with Crippen LogP contribution in [0.5, 0.6) is 0 Å². The van der Waals surface area contributed by atoms with Crippen LogP contribution in [0.2, 0.25) is 0 Å². The van der Waals surface area contributed by atoms with E-state index in [1.165, 1.54) is 157 Å². The van der Waals surface area contributed by atoms with Crippen LogP contribution in [0.3, 0.4) is 0 Å². The van der Waals surface area contributed by atoms with Crippen molar-refractivity contribution in [1.82, 2.24) is 0 Å². The molecule has 402 valence electrons. The summed E-state index contributed by atoms with van der Waals surface area (Å²) in [4.78, 5) is 8.30. The molecule has 1 saturated carbocycles. The summed E-state index contributed by atoms with van der Waals surface area (Å²) in [7, 11) is 0. The van der Waals surface area contributed by atoms with E-state index in [0.717, 1.165) is 12.8 Å². The summed E-state index contributed by atoms with van der Waals surface area (Å²) in [5.41, 5.74) is 28.4. The molecule has 9 aromatic rings. The van der Waals surface area contributed by atoms with Crippen molar-refractivity contribution in [2.75, 3.05) is 14.7 Å². The molecule has 2 atom stereocenters. The van der Waals surface area contributed by atoms with Gasteiger partial charge in [-0.3, -0.25) is 0 Å². The molecule has 1 aromatic heterocycles. The topological polar surface area (TPSA) is 9.72 Å². The van der Waals surface area contributed by atoms with Crippen molar-refractivity contribution in [2.45, 2.75) is 174 Å². The van der Waals surface area contributed by atoms with Crippen molar-refractivity contribution in [3.63, 3.8) is 0 Å². The molecule has 8 aromatic carbocycles. The third-order valence-electron chi connectivity index (χ3n) is 21.7. The Bertz CT molecular complexity index is 4200. The van der Waals surface area contributed by atoms with Gasteiger partial charge in [-0.05, 0) is 189 Å². The van der Waals surface area contributed by atoms with E-state index in [1.807, 2.05) is 11.3 Å². The van der Waals surface area contributed by atoms with Crippen LogP contribution in [0, 0.1) is 13.8 Å². The Morgan fingerprint density at radius 1 is 0.475 bits per heavy atom. The predicted molar refractivity (Wildman–Crippen MR) is 346 cm³/mol. The summed E-state index contributed by atoms with van der Waals surface area (Å²) in [5, 5.41) is 2.65. The van der Waals surface area contributed by atoms with E-state index < -0.39 is 0 Å². The largest absolute Gasteiger partial charge is 0.334 e. The highest BCUT2D eigenvalue weighted by atomic mass is 32.1. The quantitative estimate of drug-likeness (QED) is 0.163. The van der Waals surface area contributed by atoms with Gasteiger partial charge in [0.05, 0.1) is 11.2 Å². The molecule has 15 rings (SSSR count). The fourth-order valence-corrected chi connectivity index (χ4v) is 18.7. The fourth-order valence-electron chi connectivity index (χ4n) is 17.6. The maximum atomic E-state index is 2.82. The van der Waals surface area contributed by atoms with Gasteiger partial charge in [-0.1, -0.05) is 175 Å². The van der Waals surface area contributed by atoms with Crippen LogP contribution in [0.15, 0.2) is 140 Å². The van der Waals surface area contributed by atoms with Crippen LogP contribution >= 0.6 is 11.3 Å². The Kier molecular flexibility index (Phi) is 10.2. The van der Waals surface area contributed by atoms with Gasteiger partial charge in [-0.2, -0.15) is 0 Å². The van der Waals surface area contributed by atoms with Crippen LogP contribution in [0.4, 0.5) is 45.5 Å². The van der Waals surface area contributed by atoms with E-state index in [1.54, 1.807) is 0 Å². The average molecular weight is 1060 g/mol. The van der Waals surface area contributed by atoms with Gasteiger partial charge in [0, 0.05) is 76.2 Å². The number of benzene rings is 8. The lowest BCUT2D eigenvalue weighted by atomic mass is 9.33. The first-order chi connectivity index (χ1) is 37.8. The summed E-state index contributed by atoms with van der Waals surface area (Å²) >= 11 is 1.92. The van der Waals surface area contributed by atoms with Crippen molar-refractivity contribution in [1.29, 1.82) is 0 Å². The zero-order valence-corrected chi connectivity index (χ0v) is 51.0. The number of hydrogen-bond acceptors (Lipinski definition) is 4. The Morgan fingerprint density at radius 2 is 1.09 bits per heavy atom. The van der Waals surface area contributed by atoms with Crippen LogP contribution in [-0.4, -0.2) is 12.3 Å². The standard InChI is InChI=1S/C75H78BN3S/c1-44-35-63-68-64(36-44)78(60-41-52-51(37-45(60)2)70(6,7)43-71(52,8)9)62-42-54-53(72(10,11)49-24-17-18-25-50(49)73(54,12)13)40-57(62)76(68)56-31-30-47(39-61(56)77(63)59-26-22-28-66-67(59)48-23-16-19-27-65(48)80-66)79-58-32-29-46(69(3,4)5)38-55(58)74(14)33-20-21-34-75(74,79)15/h16-19,22-32,35-42H,20-21,33-34,43H2,1-15H3. The van der Waals surface area contributed by atoms with E-state index in [9.17, 15) is 0 Å². The third kappa shape index (κ3) is 6.51. The first-order valence-electron chi connectivity index (χ1n) is 30.0. The number of nitrogens with zero attached hydrogens (tertiary/aromatic N) is 3. The molecule has 0 spiro atoms. The van der Waals surface area contributed by atoms with Gasteiger partial charge in [-0.25, -0.2) is 0 Å². The molecule has 3 aliphatic carbocycles. The highest BCUT2D eigenvalue weighted by Crippen LogP contribution is 2.63. The monoisotopic (exact) mass is 1060 g/mol. The van der Waals surface area contributed by atoms with Crippen LogP contribution in [0.25, 0.3) is 20.2 Å². The second kappa shape index (κ2) is 16.1. The van der Waals surface area contributed by atoms with E-state index >= 15 is 0 Å². The molecular formula is C75H78BN3S. The van der Waals surface area contributed by atoms with Gasteiger partial charge >= 0.3 is 0 Å². The molecule has 2 unspecified atom stereocenters. The number of aryl methyl sites for hydroxylation is 2. The van der Waals surface area contributed by atoms with Crippen molar-refractivity contribution < 1.29 is 0 Å². The van der Waals surface area contributed by atoms with Gasteiger partial charge in [0.25, 0.3) is 6.71 Å². The van der Waals surface area contributed by atoms with Gasteiger partial charge in [0.1, 0.15) is 0 Å². The van der Waals surface area contributed by atoms with E-state index in [2.05, 4.69) is 258 Å². The Balaban J connectivity index is 1.06. The second-order valence-corrected chi connectivity index (χ2v) is 30.4. The Hall–Kier alpha value is -6.56. The molecule has 80 heavy (non-hydrogen) atoms. The molecule has 0 amide bonds. The van der Waals surface area contributed by atoms with Gasteiger partial charge in [0.2, 0.25) is 0 Å². The SMILES string of the molecule is Cc1cc2c3c(c1)N(c1cccc4sc5ccccc5c14)c1cc(N4c5ccc(C(C)(C)C)cc5C5(C)CCCCC45C)ccc1B3c1cc3c(cc1N2c1cc2c(cc1C)C(C)(C)CC2(C)C)C(C)(C)c1ccccc1C3(C)C. The molecular weight excluding hydrogens is 986 g/mol. The Morgan fingerprint density at radius 3 is 1.80 bits per heavy atom. The normalized spacial score (nSPS) is 22.1. The molecule has 6 aliphatic rings. The van der Waals surface area contributed by atoms with Crippen LogP contribution in [0.1, 0.15) is 178 Å². The van der Waals surface area contributed by atoms with Gasteiger partial charge in [0.15, 0.2) is 0 Å². The summed E-state index contributed by atoms with van der Waals surface area (Å²) in [6, 6.07) is 56.4. The molecule has 0 saturated heterocycles. The minimum atomic E-state index is -0.224. The van der Waals surface area contributed by atoms with Gasteiger partial charge in [-0.15, -0.1) is 11.3 Å². The van der Waals surface area contributed by atoms with E-state index in [4.69, 9.17) is 0 Å². The van der Waals surface area contributed by atoms with Crippen molar-refractivity contribution in [3.05, 3.63) is 195 Å². The van der Waals surface area contributed by atoms with Crippen molar-refractivity contribution >= 4 is 100 Å². The van der Waals surface area contributed by atoms with Crippen molar-refractivity contribution in [2.24, 2.45) is 0 Å². The number of fused-ring (bicyclic) bond motifs is 13. The van der Waals surface area contributed by atoms with Crippen LogP contribution in [-0.2, 0) is 32.5 Å². The lowest BCUT2D eigenvalue weighted by Crippen LogP contribution is -2.62. The summed E-state index contributed by atoms with van der Waals surface area (Å²) < 4.78 is 2.65. The minimum Gasteiger partial charge on any atom is -0.334 e. The second-order valence-electron chi connectivity index (χ2n) is 29.3. The van der Waals surface area contributed by atoms with Gasteiger partial charge < -0.3 is 14.7 Å². The molecule has 0 N–H and O–H groups in total. The smallest absolute Gasteiger partial charge is 0.252 e. The highest BCUT2D eigenvalue weighted by molar-refractivity contribution is 7.26. The lowest BCUT2D eigenvalue weighted by Gasteiger charge is -2.51. The van der Waals surface area contributed by atoms with Crippen molar-refractivity contribution in [3.8, 4) is 0 Å². The summed E-state index contributed by atoms with van der Waals surface area (Å²) in [6.45, 7) is 36.8. The maximum absolute atomic E-state index is 2.82. The molecule has 4 heterocycles. The lowest BCUT2D eigenvalue weighted by molar-refractivity contribution is 0.195. The minimum absolute atomic E-state index is 0.00193. The fraction of sp³-hybridized carbons (Fsp3) is 0.360. The molecule has 3 nitrogen and oxygen atoms in total. The van der Waals surface area contributed by atoms with E-state index in [0.29, 0.717) is 0 Å². The molecule has 3 aliphatic heterocycles. The number of rotatable bonds is 3. The highest BCUT2D eigenvalue weighted by Gasteiger charge is 2.58. The first kappa shape index (κ1) is 50.4. The maximum Gasteiger partial charge on any atom is 0.252 e. The van der Waals surface area contributed by atoms with E-state index in [-0.39, 0.29) is 44.7 Å². The molecule has 5 heteroatoms. The molecule has 0 radical (unpaired) electrons. The number of hydrogen-bond donors (Lipinski definition) is 0. The number of thiophene rings is 1. The average Bonchev–Trinajstić information content (AvgIpc) is 3.29. The van der Waals surface area contributed by atoms with Crippen LogP contribution < -0.4 is 31.1 Å². The summed E-state index contributed by atoms with van der Waals surface area (Å²) in [6.07, 6.45) is 5.97.